The summed E-state index contributed by atoms with van der Waals surface area (Å²) in [7, 11) is 0. The average molecular weight is 335 g/mol. The molecule has 0 aliphatic heterocycles. The normalized spacial score (nSPS) is 11.9. The molecule has 0 saturated carbocycles. The van der Waals surface area contributed by atoms with Gasteiger partial charge in [-0.15, -0.1) is 0 Å². The van der Waals surface area contributed by atoms with Gasteiger partial charge in [0.2, 0.25) is 0 Å². The standard InChI is InChI=1S/C17H19BrO2/c1-2-19-16-9-6-10-17(11-16)20-13-15(12-18)14-7-4-3-5-8-14/h3-11,15H,2,12-13H2,1H3. The van der Waals surface area contributed by atoms with Crippen LogP contribution in [-0.2, 0) is 0 Å². The zero-order chi connectivity index (χ0) is 14.2. The Morgan fingerprint density at radius 1 is 0.950 bits per heavy atom. The van der Waals surface area contributed by atoms with Gasteiger partial charge < -0.3 is 9.47 Å². The maximum absolute atomic E-state index is 5.89. The van der Waals surface area contributed by atoms with E-state index in [0.29, 0.717) is 19.1 Å². The fraction of sp³-hybridized carbons (Fsp3) is 0.294. The molecule has 0 amide bonds. The molecule has 0 bridgehead atoms. The van der Waals surface area contributed by atoms with Crippen molar-refractivity contribution in [2.45, 2.75) is 12.8 Å². The molecule has 1 unspecified atom stereocenters. The Bertz CT molecular complexity index is 513. The molecule has 2 rings (SSSR count). The van der Waals surface area contributed by atoms with Gasteiger partial charge in [0, 0.05) is 17.3 Å². The number of rotatable bonds is 7. The summed E-state index contributed by atoms with van der Waals surface area (Å²) in [6, 6.07) is 18.2. The first-order valence-electron chi connectivity index (χ1n) is 6.80. The number of alkyl halides is 1. The van der Waals surface area contributed by atoms with E-state index in [4.69, 9.17) is 9.47 Å². The van der Waals surface area contributed by atoms with Crippen molar-refractivity contribution in [2.75, 3.05) is 18.5 Å². The second kappa shape index (κ2) is 7.95. The first-order valence-corrected chi connectivity index (χ1v) is 7.92. The molecule has 1 atom stereocenters. The minimum Gasteiger partial charge on any atom is -0.494 e. The zero-order valence-corrected chi connectivity index (χ0v) is 13.2. The predicted octanol–water partition coefficient (Wildman–Crippen LogP) is 4.64. The highest BCUT2D eigenvalue weighted by Gasteiger charge is 2.10. The maximum Gasteiger partial charge on any atom is 0.123 e. The third-order valence-electron chi connectivity index (χ3n) is 3.02. The van der Waals surface area contributed by atoms with Crippen LogP contribution in [0.25, 0.3) is 0 Å². The summed E-state index contributed by atoms with van der Waals surface area (Å²) in [6.45, 7) is 3.28. The van der Waals surface area contributed by atoms with E-state index in [1.807, 2.05) is 37.3 Å². The Kier molecular flexibility index (Phi) is 5.93. The molecule has 2 aromatic rings. The van der Waals surface area contributed by atoms with Crippen molar-refractivity contribution in [3.63, 3.8) is 0 Å². The second-order valence-corrected chi connectivity index (χ2v) is 5.13. The van der Waals surface area contributed by atoms with Gasteiger partial charge in [0.1, 0.15) is 11.5 Å². The lowest BCUT2D eigenvalue weighted by Crippen LogP contribution is -2.11. The average Bonchev–Trinajstić information content (AvgIpc) is 2.50. The van der Waals surface area contributed by atoms with Crippen molar-refractivity contribution in [3.05, 3.63) is 60.2 Å². The van der Waals surface area contributed by atoms with Gasteiger partial charge in [0.15, 0.2) is 0 Å². The molecule has 0 spiro atoms. The molecule has 20 heavy (non-hydrogen) atoms. The van der Waals surface area contributed by atoms with E-state index in [-0.39, 0.29) is 0 Å². The Morgan fingerprint density at radius 2 is 1.65 bits per heavy atom. The van der Waals surface area contributed by atoms with Crippen LogP contribution in [0.2, 0.25) is 0 Å². The minimum atomic E-state index is 0.340. The van der Waals surface area contributed by atoms with Crippen molar-refractivity contribution in [2.24, 2.45) is 0 Å². The zero-order valence-electron chi connectivity index (χ0n) is 11.6. The first kappa shape index (κ1) is 14.9. The van der Waals surface area contributed by atoms with Crippen molar-refractivity contribution >= 4 is 15.9 Å². The van der Waals surface area contributed by atoms with Crippen LogP contribution in [-0.4, -0.2) is 18.5 Å². The molecule has 0 aliphatic carbocycles. The summed E-state index contributed by atoms with van der Waals surface area (Å²) in [5.41, 5.74) is 1.28. The van der Waals surface area contributed by atoms with Gasteiger partial charge >= 0.3 is 0 Å². The molecule has 0 saturated heterocycles. The third-order valence-corrected chi connectivity index (χ3v) is 3.81. The number of halogens is 1. The van der Waals surface area contributed by atoms with Crippen LogP contribution in [0.3, 0.4) is 0 Å². The van der Waals surface area contributed by atoms with Gasteiger partial charge in [0.25, 0.3) is 0 Å². The highest BCUT2D eigenvalue weighted by Crippen LogP contribution is 2.23. The number of ether oxygens (including phenoxy) is 2. The lowest BCUT2D eigenvalue weighted by Gasteiger charge is -2.16. The fourth-order valence-electron chi connectivity index (χ4n) is 1.97. The van der Waals surface area contributed by atoms with E-state index in [1.165, 1.54) is 5.56 Å². The van der Waals surface area contributed by atoms with Crippen LogP contribution in [0.15, 0.2) is 54.6 Å². The van der Waals surface area contributed by atoms with Gasteiger partial charge in [-0.05, 0) is 24.6 Å². The number of benzene rings is 2. The molecule has 0 radical (unpaired) electrons. The van der Waals surface area contributed by atoms with Crippen LogP contribution < -0.4 is 9.47 Å². The lowest BCUT2D eigenvalue weighted by molar-refractivity contribution is 0.293. The smallest absolute Gasteiger partial charge is 0.123 e. The van der Waals surface area contributed by atoms with E-state index in [9.17, 15) is 0 Å². The van der Waals surface area contributed by atoms with Crippen molar-refractivity contribution < 1.29 is 9.47 Å². The van der Waals surface area contributed by atoms with E-state index < -0.39 is 0 Å². The molecule has 0 fully saturated rings. The van der Waals surface area contributed by atoms with Gasteiger partial charge in [-0.2, -0.15) is 0 Å². The Morgan fingerprint density at radius 3 is 2.30 bits per heavy atom. The van der Waals surface area contributed by atoms with Crippen LogP contribution in [0.4, 0.5) is 0 Å². The van der Waals surface area contributed by atoms with E-state index >= 15 is 0 Å². The lowest BCUT2D eigenvalue weighted by atomic mass is 10.0. The third kappa shape index (κ3) is 4.27. The van der Waals surface area contributed by atoms with Gasteiger partial charge in [-0.3, -0.25) is 0 Å². The van der Waals surface area contributed by atoms with Gasteiger partial charge in [-0.25, -0.2) is 0 Å². The maximum atomic E-state index is 5.89. The summed E-state index contributed by atoms with van der Waals surface area (Å²) in [6.07, 6.45) is 0. The number of hydrogen-bond acceptors (Lipinski definition) is 2. The Hall–Kier alpha value is -1.48. The molecular formula is C17H19BrO2. The monoisotopic (exact) mass is 334 g/mol. The predicted molar refractivity (Wildman–Crippen MR) is 86.1 cm³/mol. The highest BCUT2D eigenvalue weighted by atomic mass is 79.9. The molecule has 0 N–H and O–H groups in total. The summed E-state index contributed by atoms with van der Waals surface area (Å²) >= 11 is 3.56. The summed E-state index contributed by atoms with van der Waals surface area (Å²) in [4.78, 5) is 0. The number of hydrogen-bond donors (Lipinski definition) is 0. The largest absolute Gasteiger partial charge is 0.494 e. The van der Waals surface area contributed by atoms with Crippen molar-refractivity contribution in [3.8, 4) is 11.5 Å². The summed E-state index contributed by atoms with van der Waals surface area (Å²) < 4.78 is 11.4. The first-order chi connectivity index (χ1) is 9.83. The van der Waals surface area contributed by atoms with Crippen LogP contribution in [0, 0.1) is 0 Å². The molecule has 0 aromatic heterocycles. The van der Waals surface area contributed by atoms with Crippen molar-refractivity contribution in [1.82, 2.24) is 0 Å². The molecular weight excluding hydrogens is 316 g/mol. The quantitative estimate of drug-likeness (QED) is 0.686. The fourth-order valence-corrected chi connectivity index (χ4v) is 2.53. The summed E-state index contributed by atoms with van der Waals surface area (Å²) in [5, 5.41) is 0.877. The van der Waals surface area contributed by atoms with E-state index in [2.05, 4.69) is 40.2 Å². The summed E-state index contributed by atoms with van der Waals surface area (Å²) in [5.74, 6) is 2.03. The van der Waals surface area contributed by atoms with Gasteiger partial charge in [0.05, 0.1) is 13.2 Å². The molecule has 2 aromatic carbocycles. The molecule has 3 heteroatoms. The molecule has 0 aliphatic rings. The van der Waals surface area contributed by atoms with Gasteiger partial charge in [-0.1, -0.05) is 52.3 Å². The topological polar surface area (TPSA) is 18.5 Å². The minimum absolute atomic E-state index is 0.340. The van der Waals surface area contributed by atoms with Crippen molar-refractivity contribution in [1.29, 1.82) is 0 Å². The molecule has 2 nitrogen and oxygen atoms in total. The van der Waals surface area contributed by atoms with Crippen LogP contribution in [0.1, 0.15) is 18.4 Å². The van der Waals surface area contributed by atoms with E-state index in [0.717, 1.165) is 16.8 Å². The second-order valence-electron chi connectivity index (χ2n) is 4.48. The highest BCUT2D eigenvalue weighted by molar-refractivity contribution is 9.09. The van der Waals surface area contributed by atoms with E-state index in [1.54, 1.807) is 0 Å². The molecule has 106 valence electrons. The Balaban J connectivity index is 1.98. The Labute approximate surface area is 128 Å². The SMILES string of the molecule is CCOc1cccc(OCC(CBr)c2ccccc2)c1. The van der Waals surface area contributed by atoms with Crippen LogP contribution >= 0.6 is 15.9 Å². The van der Waals surface area contributed by atoms with Crippen LogP contribution in [0.5, 0.6) is 11.5 Å². The molecule has 0 heterocycles.